The minimum absolute atomic E-state index is 0.0797. The molecule has 1 aliphatic heterocycles. The molecule has 1 fully saturated rings. The number of nitrogens with zero attached hydrogens (tertiary/aromatic N) is 1. The monoisotopic (exact) mass is 313 g/mol. The molecule has 1 saturated heterocycles. The highest BCUT2D eigenvalue weighted by molar-refractivity contribution is 5.77. The van der Waals surface area contributed by atoms with Crippen LogP contribution in [0, 0.1) is 0 Å². The SMILES string of the molecule is O=C(C[C@H](c1ccc(O)cc1)c1cccc(O)c1)N1CCCO1. The van der Waals surface area contributed by atoms with E-state index >= 15 is 0 Å². The van der Waals surface area contributed by atoms with E-state index in [2.05, 4.69) is 0 Å². The van der Waals surface area contributed by atoms with Gasteiger partial charge >= 0.3 is 0 Å². The maximum Gasteiger partial charge on any atom is 0.247 e. The molecule has 0 aromatic heterocycles. The van der Waals surface area contributed by atoms with Gasteiger partial charge in [0, 0.05) is 12.3 Å². The summed E-state index contributed by atoms with van der Waals surface area (Å²) >= 11 is 0. The summed E-state index contributed by atoms with van der Waals surface area (Å²) in [6.07, 6.45) is 1.09. The van der Waals surface area contributed by atoms with Crippen molar-refractivity contribution in [3.05, 3.63) is 59.7 Å². The molecule has 0 spiro atoms. The van der Waals surface area contributed by atoms with Gasteiger partial charge in [0.1, 0.15) is 11.5 Å². The second-order valence-electron chi connectivity index (χ2n) is 5.63. The molecule has 5 heteroatoms. The van der Waals surface area contributed by atoms with Gasteiger partial charge in [0.05, 0.1) is 13.2 Å². The van der Waals surface area contributed by atoms with Crippen molar-refractivity contribution in [1.29, 1.82) is 0 Å². The Labute approximate surface area is 134 Å². The van der Waals surface area contributed by atoms with E-state index in [1.54, 1.807) is 42.5 Å². The van der Waals surface area contributed by atoms with Crippen LogP contribution in [0.15, 0.2) is 48.5 Å². The van der Waals surface area contributed by atoms with E-state index in [-0.39, 0.29) is 29.7 Å². The first-order chi connectivity index (χ1) is 11.1. The molecule has 0 unspecified atom stereocenters. The van der Waals surface area contributed by atoms with Gasteiger partial charge in [-0.15, -0.1) is 0 Å². The Morgan fingerprint density at radius 3 is 2.52 bits per heavy atom. The molecule has 2 aromatic rings. The molecule has 1 atom stereocenters. The second kappa shape index (κ2) is 6.71. The van der Waals surface area contributed by atoms with Crippen LogP contribution in [-0.2, 0) is 9.63 Å². The summed E-state index contributed by atoms with van der Waals surface area (Å²) in [5.74, 6) is 0.0529. The number of amides is 1. The number of aromatic hydroxyl groups is 2. The molecule has 0 radical (unpaired) electrons. The summed E-state index contributed by atoms with van der Waals surface area (Å²) in [6, 6.07) is 13.7. The maximum atomic E-state index is 12.4. The minimum Gasteiger partial charge on any atom is -0.508 e. The van der Waals surface area contributed by atoms with Gasteiger partial charge in [0.15, 0.2) is 0 Å². The van der Waals surface area contributed by atoms with Crippen molar-refractivity contribution in [3.8, 4) is 11.5 Å². The van der Waals surface area contributed by atoms with Crippen molar-refractivity contribution in [3.63, 3.8) is 0 Å². The highest BCUT2D eigenvalue weighted by Gasteiger charge is 2.25. The number of rotatable bonds is 4. The molecule has 5 nitrogen and oxygen atoms in total. The third-order valence-corrected chi connectivity index (χ3v) is 3.98. The Kier molecular flexibility index (Phi) is 4.48. The lowest BCUT2D eigenvalue weighted by Crippen LogP contribution is -2.28. The van der Waals surface area contributed by atoms with E-state index in [0.717, 1.165) is 17.5 Å². The smallest absolute Gasteiger partial charge is 0.247 e. The van der Waals surface area contributed by atoms with Crippen molar-refractivity contribution in [2.24, 2.45) is 0 Å². The van der Waals surface area contributed by atoms with Gasteiger partial charge in [-0.25, -0.2) is 5.06 Å². The van der Waals surface area contributed by atoms with Crippen LogP contribution in [0.4, 0.5) is 0 Å². The third-order valence-electron chi connectivity index (χ3n) is 3.98. The number of carbonyl (C=O) groups excluding carboxylic acids is 1. The number of benzene rings is 2. The Balaban J connectivity index is 1.89. The van der Waals surface area contributed by atoms with Crippen LogP contribution in [0.5, 0.6) is 11.5 Å². The molecular weight excluding hydrogens is 294 g/mol. The van der Waals surface area contributed by atoms with E-state index in [9.17, 15) is 15.0 Å². The Bertz CT molecular complexity index is 678. The minimum atomic E-state index is -0.209. The highest BCUT2D eigenvalue weighted by atomic mass is 16.7. The van der Waals surface area contributed by atoms with Crippen LogP contribution in [0.25, 0.3) is 0 Å². The molecule has 23 heavy (non-hydrogen) atoms. The van der Waals surface area contributed by atoms with E-state index in [1.165, 1.54) is 5.06 Å². The molecule has 1 heterocycles. The van der Waals surface area contributed by atoms with Crippen LogP contribution < -0.4 is 0 Å². The Morgan fingerprint density at radius 2 is 1.87 bits per heavy atom. The van der Waals surface area contributed by atoms with Crippen molar-refractivity contribution < 1.29 is 19.8 Å². The first-order valence-corrected chi connectivity index (χ1v) is 7.64. The van der Waals surface area contributed by atoms with E-state index in [4.69, 9.17) is 4.84 Å². The van der Waals surface area contributed by atoms with Crippen LogP contribution in [0.1, 0.15) is 29.9 Å². The van der Waals surface area contributed by atoms with Gasteiger partial charge in [-0.3, -0.25) is 9.63 Å². The fraction of sp³-hybridized carbons (Fsp3) is 0.278. The Hall–Kier alpha value is -2.53. The molecule has 0 aliphatic carbocycles. The summed E-state index contributed by atoms with van der Waals surface area (Å²) < 4.78 is 0. The number of hydrogen-bond donors (Lipinski definition) is 2. The predicted molar refractivity (Wildman–Crippen MR) is 85.0 cm³/mol. The molecule has 2 aromatic carbocycles. The fourth-order valence-electron chi connectivity index (χ4n) is 2.80. The van der Waals surface area contributed by atoms with Gasteiger partial charge in [-0.05, 0) is 41.8 Å². The number of phenols is 2. The van der Waals surface area contributed by atoms with E-state index < -0.39 is 0 Å². The first kappa shape index (κ1) is 15.4. The van der Waals surface area contributed by atoms with Gasteiger partial charge in [-0.1, -0.05) is 24.3 Å². The summed E-state index contributed by atoms with van der Waals surface area (Å²) in [7, 11) is 0. The molecule has 3 rings (SSSR count). The molecule has 0 bridgehead atoms. The zero-order valence-corrected chi connectivity index (χ0v) is 12.7. The lowest BCUT2D eigenvalue weighted by molar-refractivity contribution is -0.168. The molecule has 1 amide bonds. The van der Waals surface area contributed by atoms with Gasteiger partial charge in [0.25, 0.3) is 0 Å². The van der Waals surface area contributed by atoms with Crippen molar-refractivity contribution in [1.82, 2.24) is 5.06 Å². The molecular formula is C18H19NO4. The fourth-order valence-corrected chi connectivity index (χ4v) is 2.80. The average molecular weight is 313 g/mol. The Morgan fingerprint density at radius 1 is 1.09 bits per heavy atom. The van der Waals surface area contributed by atoms with Gasteiger partial charge < -0.3 is 10.2 Å². The van der Waals surface area contributed by atoms with Crippen LogP contribution in [-0.4, -0.2) is 34.3 Å². The standard InChI is InChI=1S/C18H19NO4/c20-15-7-5-13(6-8-15)17(14-3-1-4-16(21)11-14)12-18(22)19-9-2-10-23-19/h1,3-8,11,17,20-21H,2,9-10,12H2/t17-/m1/s1. The van der Waals surface area contributed by atoms with Crippen LogP contribution >= 0.6 is 0 Å². The number of carbonyl (C=O) groups is 1. The molecule has 2 N–H and O–H groups in total. The molecule has 120 valence electrons. The molecule has 0 saturated carbocycles. The van der Waals surface area contributed by atoms with Gasteiger partial charge in [0.2, 0.25) is 5.91 Å². The summed E-state index contributed by atoms with van der Waals surface area (Å²) in [6.45, 7) is 1.18. The summed E-state index contributed by atoms with van der Waals surface area (Å²) in [5, 5.41) is 20.6. The lowest BCUT2D eigenvalue weighted by Gasteiger charge is -2.21. The largest absolute Gasteiger partial charge is 0.508 e. The van der Waals surface area contributed by atoms with Crippen LogP contribution in [0.2, 0.25) is 0 Å². The lowest BCUT2D eigenvalue weighted by atomic mass is 9.88. The van der Waals surface area contributed by atoms with Crippen molar-refractivity contribution in [2.45, 2.75) is 18.8 Å². The molecule has 1 aliphatic rings. The van der Waals surface area contributed by atoms with Crippen LogP contribution in [0.3, 0.4) is 0 Å². The number of hydroxylamine groups is 2. The van der Waals surface area contributed by atoms with E-state index in [0.29, 0.717) is 13.2 Å². The third kappa shape index (κ3) is 3.63. The zero-order chi connectivity index (χ0) is 16.2. The topological polar surface area (TPSA) is 70.0 Å². The van der Waals surface area contributed by atoms with E-state index in [1.807, 2.05) is 6.07 Å². The summed E-state index contributed by atoms with van der Waals surface area (Å²) in [4.78, 5) is 17.8. The van der Waals surface area contributed by atoms with Crippen molar-refractivity contribution >= 4 is 5.91 Å². The average Bonchev–Trinajstić information content (AvgIpc) is 3.08. The first-order valence-electron chi connectivity index (χ1n) is 7.64. The normalized spacial score (nSPS) is 15.6. The van der Waals surface area contributed by atoms with Crippen molar-refractivity contribution in [2.75, 3.05) is 13.2 Å². The number of hydrogen-bond acceptors (Lipinski definition) is 4. The maximum absolute atomic E-state index is 12.4. The zero-order valence-electron chi connectivity index (χ0n) is 12.7. The highest BCUT2D eigenvalue weighted by Crippen LogP contribution is 2.31. The number of phenolic OH excluding ortho intramolecular Hbond substituents is 2. The second-order valence-corrected chi connectivity index (χ2v) is 5.63. The van der Waals surface area contributed by atoms with Gasteiger partial charge in [-0.2, -0.15) is 0 Å². The predicted octanol–water partition coefficient (Wildman–Crippen LogP) is 2.78. The summed E-state index contributed by atoms with van der Waals surface area (Å²) in [5.41, 5.74) is 1.75. The quantitative estimate of drug-likeness (QED) is 0.910.